The van der Waals surface area contributed by atoms with E-state index >= 15 is 0 Å². The van der Waals surface area contributed by atoms with Gasteiger partial charge in [0.25, 0.3) is 0 Å². The fraction of sp³-hybridized carbons (Fsp3) is 0.700. The van der Waals surface area contributed by atoms with Crippen LogP contribution in [0.25, 0.3) is 0 Å². The average Bonchev–Trinajstić information content (AvgIpc) is 2.42. The summed E-state index contributed by atoms with van der Waals surface area (Å²) in [6.45, 7) is 12.6. The maximum atomic E-state index is 3.81. The van der Waals surface area contributed by atoms with Crippen LogP contribution in [-0.2, 0) is 6.42 Å². The van der Waals surface area contributed by atoms with E-state index in [-0.39, 0.29) is 0 Å². The second-order valence-electron chi connectivity index (χ2n) is 7.32. The van der Waals surface area contributed by atoms with Gasteiger partial charge in [-0.15, -0.1) is 0 Å². The van der Waals surface area contributed by atoms with Crippen molar-refractivity contribution in [2.75, 3.05) is 6.54 Å². The first kappa shape index (κ1) is 16.5. The highest BCUT2D eigenvalue weighted by Crippen LogP contribution is 2.33. The van der Waals surface area contributed by atoms with Gasteiger partial charge >= 0.3 is 0 Å². The molecular formula is C20H33N. The van der Waals surface area contributed by atoms with Gasteiger partial charge in [0.2, 0.25) is 0 Å². The quantitative estimate of drug-likeness (QED) is 0.807. The smallest absolute Gasteiger partial charge is 0.00987 e. The van der Waals surface area contributed by atoms with Gasteiger partial charge in [-0.3, -0.25) is 0 Å². The predicted molar refractivity (Wildman–Crippen MR) is 92.9 cm³/mol. The molecule has 0 heterocycles. The number of rotatable bonds is 5. The summed E-state index contributed by atoms with van der Waals surface area (Å²) in [4.78, 5) is 0. The lowest BCUT2D eigenvalue weighted by Crippen LogP contribution is -2.41. The Labute approximate surface area is 131 Å². The van der Waals surface area contributed by atoms with Crippen molar-refractivity contribution in [3.05, 3.63) is 34.4 Å². The number of hydrogen-bond donors (Lipinski definition) is 1. The fourth-order valence-corrected chi connectivity index (χ4v) is 4.12. The molecule has 2 rings (SSSR count). The molecule has 1 aromatic rings. The van der Waals surface area contributed by atoms with Crippen molar-refractivity contribution in [1.29, 1.82) is 0 Å². The Morgan fingerprint density at radius 1 is 1.10 bits per heavy atom. The molecule has 1 N–H and O–H groups in total. The SMILES string of the molecule is CCCNC1CCC(C)CC1Cc1c(C)cc(C)cc1C. The maximum Gasteiger partial charge on any atom is 0.00987 e. The molecule has 0 saturated heterocycles. The van der Waals surface area contributed by atoms with Crippen LogP contribution in [-0.4, -0.2) is 12.6 Å². The van der Waals surface area contributed by atoms with Gasteiger partial charge in [0, 0.05) is 6.04 Å². The minimum Gasteiger partial charge on any atom is -0.314 e. The minimum absolute atomic E-state index is 0.723. The van der Waals surface area contributed by atoms with E-state index in [9.17, 15) is 0 Å². The molecule has 1 aliphatic rings. The van der Waals surface area contributed by atoms with Crippen LogP contribution in [0.1, 0.15) is 61.8 Å². The second kappa shape index (κ2) is 7.45. The zero-order chi connectivity index (χ0) is 15.4. The van der Waals surface area contributed by atoms with E-state index in [1.54, 1.807) is 5.56 Å². The molecule has 1 nitrogen and oxygen atoms in total. The molecule has 1 aliphatic carbocycles. The van der Waals surface area contributed by atoms with Crippen molar-refractivity contribution in [3.63, 3.8) is 0 Å². The van der Waals surface area contributed by atoms with Crippen molar-refractivity contribution >= 4 is 0 Å². The second-order valence-corrected chi connectivity index (χ2v) is 7.32. The standard InChI is InChI=1S/C20H33N/c1-6-9-21-20-8-7-14(2)12-18(20)13-19-16(4)10-15(3)11-17(19)5/h10-11,14,18,20-21H,6-9,12-13H2,1-5H3. The molecule has 1 fully saturated rings. The Morgan fingerprint density at radius 3 is 2.38 bits per heavy atom. The lowest BCUT2D eigenvalue weighted by Gasteiger charge is -2.36. The van der Waals surface area contributed by atoms with Crippen molar-refractivity contribution < 1.29 is 0 Å². The van der Waals surface area contributed by atoms with Gasteiger partial charge in [0.1, 0.15) is 0 Å². The maximum absolute atomic E-state index is 3.81. The fourth-order valence-electron chi connectivity index (χ4n) is 4.12. The summed E-state index contributed by atoms with van der Waals surface area (Å²) in [5.41, 5.74) is 5.97. The highest BCUT2D eigenvalue weighted by Gasteiger charge is 2.28. The van der Waals surface area contributed by atoms with Crippen LogP contribution >= 0.6 is 0 Å². The average molecular weight is 287 g/mol. The molecule has 118 valence electrons. The summed E-state index contributed by atoms with van der Waals surface area (Å²) in [6, 6.07) is 5.42. The van der Waals surface area contributed by atoms with Crippen molar-refractivity contribution in [3.8, 4) is 0 Å². The largest absolute Gasteiger partial charge is 0.314 e. The van der Waals surface area contributed by atoms with E-state index in [0.29, 0.717) is 0 Å². The molecule has 0 aromatic heterocycles. The number of nitrogens with one attached hydrogen (secondary N) is 1. The highest BCUT2D eigenvalue weighted by molar-refractivity contribution is 5.37. The highest BCUT2D eigenvalue weighted by atomic mass is 14.9. The van der Waals surface area contributed by atoms with Crippen LogP contribution < -0.4 is 5.32 Å². The summed E-state index contributed by atoms with van der Waals surface area (Å²) >= 11 is 0. The Hall–Kier alpha value is -0.820. The lowest BCUT2D eigenvalue weighted by molar-refractivity contribution is 0.212. The number of aryl methyl sites for hydroxylation is 3. The molecular weight excluding hydrogens is 254 g/mol. The Kier molecular flexibility index (Phi) is 5.87. The molecule has 3 atom stereocenters. The van der Waals surface area contributed by atoms with Crippen LogP contribution in [0, 0.1) is 32.6 Å². The molecule has 1 heteroatoms. The summed E-state index contributed by atoms with van der Waals surface area (Å²) < 4.78 is 0. The monoisotopic (exact) mass is 287 g/mol. The zero-order valence-electron chi connectivity index (χ0n) is 14.6. The summed E-state index contributed by atoms with van der Waals surface area (Å²) in [6.07, 6.45) is 6.62. The van der Waals surface area contributed by atoms with E-state index in [1.165, 1.54) is 55.3 Å². The van der Waals surface area contributed by atoms with Gasteiger partial charge in [0.15, 0.2) is 0 Å². The van der Waals surface area contributed by atoms with E-state index in [4.69, 9.17) is 0 Å². The van der Waals surface area contributed by atoms with Crippen LogP contribution in [0.15, 0.2) is 12.1 Å². The predicted octanol–water partition coefficient (Wildman–Crippen LogP) is 4.96. The van der Waals surface area contributed by atoms with Crippen LogP contribution in [0.5, 0.6) is 0 Å². The van der Waals surface area contributed by atoms with E-state index in [1.807, 2.05) is 0 Å². The third-order valence-corrected chi connectivity index (χ3v) is 5.21. The first-order valence-electron chi connectivity index (χ1n) is 8.81. The molecule has 0 bridgehead atoms. The molecule has 21 heavy (non-hydrogen) atoms. The van der Waals surface area contributed by atoms with Crippen molar-refractivity contribution in [2.24, 2.45) is 11.8 Å². The molecule has 0 radical (unpaired) electrons. The van der Waals surface area contributed by atoms with Crippen LogP contribution in [0.3, 0.4) is 0 Å². The first-order valence-corrected chi connectivity index (χ1v) is 8.81. The Morgan fingerprint density at radius 2 is 1.76 bits per heavy atom. The summed E-state index contributed by atoms with van der Waals surface area (Å²) in [7, 11) is 0. The van der Waals surface area contributed by atoms with Gasteiger partial charge in [0.05, 0.1) is 0 Å². The molecule has 3 unspecified atom stereocenters. The topological polar surface area (TPSA) is 12.0 Å². The van der Waals surface area contributed by atoms with Gasteiger partial charge < -0.3 is 5.32 Å². The van der Waals surface area contributed by atoms with Gasteiger partial charge in [-0.2, -0.15) is 0 Å². The third kappa shape index (κ3) is 4.32. The third-order valence-electron chi connectivity index (χ3n) is 5.21. The van der Waals surface area contributed by atoms with Crippen LogP contribution in [0.4, 0.5) is 0 Å². The van der Waals surface area contributed by atoms with Gasteiger partial charge in [-0.25, -0.2) is 0 Å². The first-order chi connectivity index (χ1) is 10.0. The van der Waals surface area contributed by atoms with Gasteiger partial charge in [-0.1, -0.05) is 31.5 Å². The van der Waals surface area contributed by atoms with E-state index in [2.05, 4.69) is 52.1 Å². The van der Waals surface area contributed by atoms with Crippen LogP contribution in [0.2, 0.25) is 0 Å². The van der Waals surface area contributed by atoms with E-state index < -0.39 is 0 Å². The van der Waals surface area contributed by atoms with Crippen molar-refractivity contribution in [1.82, 2.24) is 5.32 Å². The minimum atomic E-state index is 0.723. The molecule has 0 spiro atoms. The van der Waals surface area contributed by atoms with Gasteiger partial charge in [-0.05, 0) is 87.9 Å². The zero-order valence-corrected chi connectivity index (χ0v) is 14.6. The molecule has 0 amide bonds. The number of benzene rings is 1. The number of hydrogen-bond acceptors (Lipinski definition) is 1. The van der Waals surface area contributed by atoms with Crippen molar-refractivity contribution in [2.45, 2.75) is 72.8 Å². The normalized spacial score (nSPS) is 26.0. The molecule has 0 aliphatic heterocycles. The summed E-state index contributed by atoms with van der Waals surface area (Å²) in [5, 5.41) is 3.81. The lowest BCUT2D eigenvalue weighted by atomic mass is 9.75. The summed E-state index contributed by atoms with van der Waals surface area (Å²) in [5.74, 6) is 1.70. The molecule has 1 saturated carbocycles. The van der Waals surface area contributed by atoms with E-state index in [0.717, 1.165) is 17.9 Å². The Bertz CT molecular complexity index is 438. The molecule has 1 aromatic carbocycles. The Balaban J connectivity index is 2.14.